The molecule has 1 aromatic carbocycles. The van der Waals surface area contributed by atoms with E-state index < -0.39 is 5.79 Å². The highest BCUT2D eigenvalue weighted by Crippen LogP contribution is 2.39. The molecule has 1 aliphatic rings. The fraction of sp³-hybridized carbons (Fsp3) is 0.462. The Kier molecular flexibility index (Phi) is 3.32. The highest BCUT2D eigenvalue weighted by molar-refractivity contribution is 5.36. The Morgan fingerprint density at radius 3 is 3.00 bits per heavy atom. The van der Waals surface area contributed by atoms with Crippen LogP contribution < -0.4 is 4.74 Å². The molecule has 90 valence electrons. The Labute approximate surface area is 101 Å². The van der Waals surface area contributed by atoms with Crippen LogP contribution in [0.1, 0.15) is 18.9 Å². The fourth-order valence-corrected chi connectivity index (χ4v) is 2.00. The smallest absolute Gasteiger partial charge is 0.196 e. The monoisotopic (exact) mass is 233 g/mol. The van der Waals surface area contributed by atoms with Crippen molar-refractivity contribution >= 4 is 0 Å². The summed E-state index contributed by atoms with van der Waals surface area (Å²) in [6.45, 7) is 2.28. The number of hydrogen-bond donors (Lipinski definition) is 0. The summed E-state index contributed by atoms with van der Waals surface area (Å²) in [5.41, 5.74) is 0.850. The normalized spacial score (nSPS) is 27.7. The van der Waals surface area contributed by atoms with Crippen LogP contribution in [0.2, 0.25) is 0 Å². The van der Waals surface area contributed by atoms with E-state index in [1.807, 2.05) is 31.2 Å². The Morgan fingerprint density at radius 2 is 2.29 bits per heavy atom. The second-order valence-electron chi connectivity index (χ2n) is 4.06. The molecule has 1 fully saturated rings. The van der Waals surface area contributed by atoms with E-state index in [9.17, 15) is 0 Å². The Hall–Kier alpha value is -1.57. The van der Waals surface area contributed by atoms with Gasteiger partial charge in [0, 0.05) is 0 Å². The predicted molar refractivity (Wildman–Crippen MR) is 61.4 cm³/mol. The van der Waals surface area contributed by atoms with Gasteiger partial charge in [0.15, 0.2) is 5.79 Å². The lowest BCUT2D eigenvalue weighted by atomic mass is 10.1. The quantitative estimate of drug-likeness (QED) is 0.803. The van der Waals surface area contributed by atoms with Crippen LogP contribution in [0.4, 0.5) is 0 Å². The van der Waals surface area contributed by atoms with Crippen LogP contribution in [0.15, 0.2) is 24.3 Å². The van der Waals surface area contributed by atoms with Crippen molar-refractivity contribution in [3.05, 3.63) is 29.8 Å². The summed E-state index contributed by atoms with van der Waals surface area (Å²) in [5.74, 6) is -0.0960. The van der Waals surface area contributed by atoms with Gasteiger partial charge in [0.1, 0.15) is 5.75 Å². The third-order valence-corrected chi connectivity index (χ3v) is 2.85. The van der Waals surface area contributed by atoms with E-state index in [0.29, 0.717) is 13.0 Å². The first-order valence-corrected chi connectivity index (χ1v) is 5.52. The van der Waals surface area contributed by atoms with Crippen LogP contribution in [0.5, 0.6) is 5.75 Å². The van der Waals surface area contributed by atoms with Gasteiger partial charge in [0.25, 0.3) is 0 Å². The third-order valence-electron chi connectivity index (χ3n) is 2.85. The van der Waals surface area contributed by atoms with Crippen molar-refractivity contribution in [3.63, 3.8) is 0 Å². The van der Waals surface area contributed by atoms with Crippen molar-refractivity contribution in [2.75, 3.05) is 13.7 Å². The fourth-order valence-electron chi connectivity index (χ4n) is 2.00. The Bertz CT molecular complexity index is 441. The molecule has 17 heavy (non-hydrogen) atoms. The molecule has 1 saturated heterocycles. The lowest BCUT2D eigenvalue weighted by Gasteiger charge is -2.25. The number of nitrogens with zero attached hydrogens (tertiary/aromatic N) is 1. The summed E-state index contributed by atoms with van der Waals surface area (Å²) >= 11 is 0. The average molecular weight is 233 g/mol. The number of para-hydroxylation sites is 1. The molecular weight excluding hydrogens is 218 g/mol. The lowest BCUT2D eigenvalue weighted by molar-refractivity contribution is -0.162. The molecule has 4 nitrogen and oxygen atoms in total. The van der Waals surface area contributed by atoms with E-state index in [-0.39, 0.29) is 6.10 Å². The number of ether oxygens (including phenoxy) is 3. The van der Waals surface area contributed by atoms with E-state index in [2.05, 4.69) is 6.07 Å². The molecule has 0 aliphatic carbocycles. The number of methoxy groups -OCH3 is 1. The SMILES string of the molecule is COc1ccccc1C1(C)OCC(CC#N)O1. The van der Waals surface area contributed by atoms with Crippen LogP contribution in [-0.4, -0.2) is 19.8 Å². The van der Waals surface area contributed by atoms with Gasteiger partial charge in [-0.2, -0.15) is 5.26 Å². The van der Waals surface area contributed by atoms with E-state index in [0.717, 1.165) is 11.3 Å². The molecule has 0 saturated carbocycles. The van der Waals surface area contributed by atoms with Gasteiger partial charge in [0.2, 0.25) is 0 Å². The molecule has 0 radical (unpaired) electrons. The third kappa shape index (κ3) is 2.26. The van der Waals surface area contributed by atoms with Gasteiger partial charge in [-0.25, -0.2) is 0 Å². The van der Waals surface area contributed by atoms with E-state index in [4.69, 9.17) is 19.5 Å². The summed E-state index contributed by atoms with van der Waals surface area (Å²) in [7, 11) is 1.61. The maximum absolute atomic E-state index is 8.66. The average Bonchev–Trinajstić information content (AvgIpc) is 2.73. The molecule has 2 atom stereocenters. The molecule has 2 unspecified atom stereocenters. The summed E-state index contributed by atoms with van der Waals surface area (Å²) in [6.07, 6.45) is 0.167. The largest absolute Gasteiger partial charge is 0.496 e. The predicted octanol–water partition coefficient (Wildman–Crippen LogP) is 2.20. The van der Waals surface area contributed by atoms with Gasteiger partial charge in [-0.3, -0.25) is 0 Å². The lowest BCUT2D eigenvalue weighted by Crippen LogP contribution is -2.24. The number of benzene rings is 1. The highest BCUT2D eigenvalue weighted by atomic mass is 16.7. The molecular formula is C13H15NO3. The summed E-state index contributed by atoms with van der Waals surface area (Å²) < 4.78 is 16.8. The van der Waals surface area contributed by atoms with Gasteiger partial charge in [0.05, 0.1) is 37.9 Å². The molecule has 0 spiro atoms. The van der Waals surface area contributed by atoms with Crippen molar-refractivity contribution in [3.8, 4) is 11.8 Å². The molecule has 0 bridgehead atoms. The van der Waals surface area contributed by atoms with Crippen LogP contribution in [0.3, 0.4) is 0 Å². The van der Waals surface area contributed by atoms with Crippen LogP contribution in [0.25, 0.3) is 0 Å². The zero-order chi connectivity index (χ0) is 12.3. The minimum atomic E-state index is -0.825. The highest BCUT2D eigenvalue weighted by Gasteiger charge is 2.40. The van der Waals surface area contributed by atoms with E-state index in [1.165, 1.54) is 0 Å². The molecule has 1 heterocycles. The molecule has 4 heteroatoms. The van der Waals surface area contributed by atoms with Crippen molar-refractivity contribution < 1.29 is 14.2 Å². The maximum Gasteiger partial charge on any atom is 0.196 e. The maximum atomic E-state index is 8.66. The first-order chi connectivity index (χ1) is 8.19. The second kappa shape index (κ2) is 4.74. The van der Waals surface area contributed by atoms with E-state index in [1.54, 1.807) is 7.11 Å². The van der Waals surface area contributed by atoms with Gasteiger partial charge in [-0.15, -0.1) is 0 Å². The van der Waals surface area contributed by atoms with Crippen molar-refractivity contribution in [2.45, 2.75) is 25.2 Å². The zero-order valence-corrected chi connectivity index (χ0v) is 9.97. The van der Waals surface area contributed by atoms with Gasteiger partial charge in [-0.05, 0) is 19.1 Å². The first-order valence-electron chi connectivity index (χ1n) is 5.52. The first kappa shape index (κ1) is 11.9. The Morgan fingerprint density at radius 1 is 1.53 bits per heavy atom. The minimum absolute atomic E-state index is 0.171. The van der Waals surface area contributed by atoms with Crippen LogP contribution in [-0.2, 0) is 15.3 Å². The zero-order valence-electron chi connectivity index (χ0n) is 9.97. The number of hydrogen-bond acceptors (Lipinski definition) is 4. The molecule has 0 amide bonds. The Balaban J connectivity index is 2.25. The topological polar surface area (TPSA) is 51.5 Å². The minimum Gasteiger partial charge on any atom is -0.496 e. The van der Waals surface area contributed by atoms with Gasteiger partial charge >= 0.3 is 0 Å². The molecule has 1 aliphatic heterocycles. The summed E-state index contributed by atoms with van der Waals surface area (Å²) in [4.78, 5) is 0. The summed E-state index contributed by atoms with van der Waals surface area (Å²) in [6, 6.07) is 9.67. The number of rotatable bonds is 3. The summed E-state index contributed by atoms with van der Waals surface area (Å²) in [5, 5.41) is 8.66. The molecule has 0 N–H and O–H groups in total. The van der Waals surface area contributed by atoms with Crippen LogP contribution in [0, 0.1) is 11.3 Å². The number of nitriles is 1. The van der Waals surface area contributed by atoms with E-state index >= 15 is 0 Å². The standard InChI is InChI=1S/C13H15NO3/c1-13(16-9-10(17-13)7-8-14)11-5-3-4-6-12(11)15-2/h3-6,10H,7,9H2,1-2H3. The molecule has 0 aromatic heterocycles. The van der Waals surface area contributed by atoms with Gasteiger partial charge < -0.3 is 14.2 Å². The van der Waals surface area contributed by atoms with Crippen molar-refractivity contribution in [2.24, 2.45) is 0 Å². The van der Waals surface area contributed by atoms with Crippen molar-refractivity contribution in [1.82, 2.24) is 0 Å². The second-order valence-corrected chi connectivity index (χ2v) is 4.06. The van der Waals surface area contributed by atoms with Gasteiger partial charge in [-0.1, -0.05) is 12.1 Å². The van der Waals surface area contributed by atoms with Crippen molar-refractivity contribution in [1.29, 1.82) is 5.26 Å². The molecule has 2 rings (SSSR count). The molecule has 1 aromatic rings. The van der Waals surface area contributed by atoms with Crippen LogP contribution >= 0.6 is 0 Å².